The van der Waals surface area contributed by atoms with Crippen LogP contribution in [0.15, 0.2) is 71.3 Å². The van der Waals surface area contributed by atoms with Crippen LogP contribution in [0.2, 0.25) is 5.02 Å². The highest BCUT2D eigenvalue weighted by atomic mass is 35.5. The molecule has 2 fully saturated rings. The molecule has 2 saturated heterocycles. The van der Waals surface area contributed by atoms with E-state index in [1.807, 2.05) is 37.0 Å². The molecule has 2 aromatic carbocycles. The van der Waals surface area contributed by atoms with Gasteiger partial charge < -0.3 is 19.1 Å². The number of fused-ring (bicyclic) bond motifs is 1. The third kappa shape index (κ3) is 7.81. The Kier molecular flexibility index (Phi) is 10.4. The van der Waals surface area contributed by atoms with Crippen molar-refractivity contribution >= 4 is 34.9 Å². The molecule has 0 bridgehead atoms. The van der Waals surface area contributed by atoms with Crippen LogP contribution in [0.5, 0.6) is 11.5 Å². The van der Waals surface area contributed by atoms with Gasteiger partial charge in [-0.3, -0.25) is 29.3 Å². The van der Waals surface area contributed by atoms with Crippen molar-refractivity contribution in [3.63, 3.8) is 0 Å². The van der Waals surface area contributed by atoms with E-state index in [1.165, 1.54) is 0 Å². The van der Waals surface area contributed by atoms with Crippen LogP contribution in [-0.2, 0) is 20.9 Å². The zero-order chi connectivity index (χ0) is 32.0. The number of benzene rings is 2. The highest BCUT2D eigenvalue weighted by Gasteiger charge is 2.37. The van der Waals surface area contributed by atoms with E-state index < -0.39 is 0 Å². The molecular weight excluding hydrogens is 606 g/mol. The summed E-state index contributed by atoms with van der Waals surface area (Å²) in [5.74, 6) is 1.85. The molecule has 2 aromatic rings. The number of halogens is 1. The number of carbonyl (C=O) groups excluding carboxylic acids is 2. The zero-order valence-corrected chi connectivity index (χ0v) is 27.3. The van der Waals surface area contributed by atoms with Gasteiger partial charge in [-0.1, -0.05) is 35.9 Å². The molecule has 1 aliphatic carbocycles. The van der Waals surface area contributed by atoms with Gasteiger partial charge in [0.05, 0.1) is 37.6 Å². The van der Waals surface area contributed by atoms with E-state index in [0.717, 1.165) is 38.4 Å². The third-order valence-electron chi connectivity index (χ3n) is 8.55. The smallest absolute Gasteiger partial charge is 0.262 e. The number of nitrogens with zero attached hydrogens (tertiary/aromatic N) is 5. The van der Waals surface area contributed by atoms with Gasteiger partial charge in [-0.15, -0.1) is 0 Å². The first-order valence-electron chi connectivity index (χ1n) is 16.1. The van der Waals surface area contributed by atoms with Crippen LogP contribution in [0.25, 0.3) is 0 Å². The topological polar surface area (TPSA) is 87.2 Å². The van der Waals surface area contributed by atoms with Crippen LogP contribution < -0.4 is 14.4 Å². The molecule has 0 N–H and O–H groups in total. The second-order valence-electron chi connectivity index (χ2n) is 12.2. The molecule has 1 atom stereocenters. The van der Waals surface area contributed by atoms with Crippen LogP contribution in [0.4, 0.5) is 5.69 Å². The summed E-state index contributed by atoms with van der Waals surface area (Å²) in [7, 11) is 0. The molecule has 0 radical (unpaired) electrons. The maximum absolute atomic E-state index is 14.2. The van der Waals surface area contributed by atoms with Gasteiger partial charge in [-0.05, 0) is 62.2 Å². The number of piperazine rings is 1. The number of amidine groups is 1. The molecule has 3 heterocycles. The minimum atomic E-state index is -0.202. The average molecular weight is 648 g/mol. The number of rotatable bonds is 10. The fourth-order valence-corrected chi connectivity index (χ4v) is 6.25. The second kappa shape index (κ2) is 14.8. The number of hydrogen-bond acceptors (Lipinski definition) is 8. The molecule has 10 nitrogen and oxygen atoms in total. The lowest BCUT2D eigenvalue weighted by Crippen LogP contribution is -2.55. The molecule has 46 heavy (non-hydrogen) atoms. The summed E-state index contributed by atoms with van der Waals surface area (Å²) in [6.45, 7) is 11.0. The quantitative estimate of drug-likeness (QED) is 0.382. The third-order valence-corrected chi connectivity index (χ3v) is 8.80. The van der Waals surface area contributed by atoms with Gasteiger partial charge in [0.1, 0.15) is 17.3 Å². The molecule has 4 aliphatic rings. The first-order valence-corrected chi connectivity index (χ1v) is 16.5. The van der Waals surface area contributed by atoms with Gasteiger partial charge >= 0.3 is 0 Å². The Bertz CT molecular complexity index is 1490. The lowest BCUT2D eigenvalue weighted by atomic mass is 9.95. The highest BCUT2D eigenvalue weighted by Crippen LogP contribution is 2.36. The largest absolute Gasteiger partial charge is 0.489 e. The van der Waals surface area contributed by atoms with Crippen molar-refractivity contribution in [1.29, 1.82) is 0 Å². The first kappa shape index (κ1) is 32.2. The minimum absolute atomic E-state index is 0.0267. The number of amides is 2. The molecule has 0 saturated carbocycles. The summed E-state index contributed by atoms with van der Waals surface area (Å²) in [6.07, 6.45) is 6.50. The van der Waals surface area contributed by atoms with Crippen LogP contribution in [0.3, 0.4) is 0 Å². The average Bonchev–Trinajstić information content (AvgIpc) is 3.06. The molecule has 11 heteroatoms. The fourth-order valence-electron chi connectivity index (χ4n) is 6.13. The molecule has 3 aliphatic heterocycles. The van der Waals surface area contributed by atoms with Gasteiger partial charge in [-0.25, -0.2) is 0 Å². The van der Waals surface area contributed by atoms with Crippen molar-refractivity contribution < 1.29 is 23.8 Å². The van der Waals surface area contributed by atoms with Gasteiger partial charge in [0.15, 0.2) is 6.61 Å². The number of hydrogen-bond donors (Lipinski definition) is 0. The van der Waals surface area contributed by atoms with Crippen LogP contribution in [-0.4, -0.2) is 110 Å². The van der Waals surface area contributed by atoms with Crippen LogP contribution in [0, 0.1) is 0 Å². The van der Waals surface area contributed by atoms with Crippen molar-refractivity contribution in [3.05, 3.63) is 76.9 Å². The number of ether oxygens (including phenoxy) is 3. The summed E-state index contributed by atoms with van der Waals surface area (Å²) < 4.78 is 17.6. The minimum Gasteiger partial charge on any atom is -0.489 e. The zero-order valence-electron chi connectivity index (χ0n) is 26.6. The van der Waals surface area contributed by atoms with E-state index in [0.29, 0.717) is 72.8 Å². The Labute approximate surface area is 275 Å². The Balaban J connectivity index is 1.17. The summed E-state index contributed by atoms with van der Waals surface area (Å²) in [5, 5.41) is 0.620. The van der Waals surface area contributed by atoms with Crippen molar-refractivity contribution in [1.82, 2.24) is 14.7 Å². The van der Waals surface area contributed by atoms with E-state index in [-0.39, 0.29) is 30.6 Å². The van der Waals surface area contributed by atoms with E-state index >= 15 is 0 Å². The molecular formula is C35H42ClN5O5. The Morgan fingerprint density at radius 1 is 1.00 bits per heavy atom. The number of morpholine rings is 1. The van der Waals surface area contributed by atoms with E-state index in [2.05, 4.69) is 28.0 Å². The number of carbonyl (C=O) groups is 2. The number of aliphatic imine (C=N–C) groups is 1. The molecule has 6 rings (SSSR count). The Morgan fingerprint density at radius 3 is 2.48 bits per heavy atom. The van der Waals surface area contributed by atoms with Crippen LogP contribution >= 0.6 is 11.6 Å². The lowest BCUT2D eigenvalue weighted by Gasteiger charge is -2.39. The number of allylic oxidation sites excluding steroid dienone is 2. The Morgan fingerprint density at radius 2 is 1.74 bits per heavy atom. The normalized spacial score (nSPS) is 20.8. The summed E-state index contributed by atoms with van der Waals surface area (Å²) in [6, 6.07) is 12.9. The predicted octanol–water partition coefficient (Wildman–Crippen LogP) is 4.18. The van der Waals surface area contributed by atoms with E-state index in [4.69, 9.17) is 30.8 Å². The summed E-state index contributed by atoms with van der Waals surface area (Å²) in [4.78, 5) is 40.4. The lowest BCUT2D eigenvalue weighted by molar-refractivity contribution is -0.135. The van der Waals surface area contributed by atoms with Crippen molar-refractivity contribution in [2.24, 2.45) is 4.99 Å². The molecule has 244 valence electrons. The molecule has 1 unspecified atom stereocenters. The first-order chi connectivity index (χ1) is 22.3. The van der Waals surface area contributed by atoms with E-state index in [1.54, 1.807) is 29.2 Å². The monoisotopic (exact) mass is 647 g/mol. The van der Waals surface area contributed by atoms with E-state index in [9.17, 15) is 9.59 Å². The van der Waals surface area contributed by atoms with Crippen molar-refractivity contribution in [2.75, 3.05) is 70.5 Å². The molecule has 2 amide bonds. The fraction of sp³-hybridized carbons (Fsp3) is 0.457. The summed E-state index contributed by atoms with van der Waals surface area (Å²) >= 11 is 5.95. The van der Waals surface area contributed by atoms with Gasteiger partial charge in [-0.2, -0.15) is 0 Å². The summed E-state index contributed by atoms with van der Waals surface area (Å²) in [5.41, 5.74) is 2.52. The van der Waals surface area contributed by atoms with Gasteiger partial charge in [0.2, 0.25) is 0 Å². The Hall–Kier alpha value is -3.70. The standard InChI is InChI=1S/C35H42ClN5O5/c1-25(2)46-32-21-26(22-39-17-19-44-20-18-39)7-12-31(32)41-33(37-30-6-4-3-5-29(30)35(41)43)23-38-13-15-40(16-14-38)34(42)24-45-28-10-8-27(36)9-11-28/h3-5,7-12,21,25,30H,6,13-20,22-24H2,1-2H3. The van der Waals surface area contributed by atoms with Crippen LogP contribution in [0.1, 0.15) is 25.8 Å². The highest BCUT2D eigenvalue weighted by molar-refractivity contribution is 6.30. The van der Waals surface area contributed by atoms with Gasteiger partial charge in [0.25, 0.3) is 11.8 Å². The SMILES string of the molecule is CC(C)Oc1cc(CN2CCOCC2)ccc1N1C(=O)C2=CC=CCC2N=C1CN1CCN(C(=O)COc2ccc(Cl)cc2)CC1. The van der Waals surface area contributed by atoms with Crippen molar-refractivity contribution in [2.45, 2.75) is 39.0 Å². The van der Waals surface area contributed by atoms with Gasteiger partial charge in [0, 0.05) is 56.4 Å². The maximum atomic E-state index is 14.2. The number of anilines is 1. The molecule has 0 aromatic heterocycles. The van der Waals surface area contributed by atoms with Crippen molar-refractivity contribution in [3.8, 4) is 11.5 Å². The predicted molar refractivity (Wildman–Crippen MR) is 179 cm³/mol. The maximum Gasteiger partial charge on any atom is 0.262 e. The molecule has 0 spiro atoms. The second-order valence-corrected chi connectivity index (χ2v) is 12.7.